The molecule has 0 saturated carbocycles. The third-order valence-electron chi connectivity index (χ3n) is 2.09. The Bertz CT molecular complexity index is 124. The molecule has 4 heteroatoms. The van der Waals surface area contributed by atoms with Crippen LogP contribution in [0.1, 0.15) is 13.8 Å². The van der Waals surface area contributed by atoms with Crippen LogP contribution in [0.5, 0.6) is 0 Å². The average molecular weight is 162 g/mol. The Morgan fingerprint density at radius 2 is 1.18 bits per heavy atom. The molecular weight excluding hydrogens is 148 g/mol. The first-order valence-electron chi connectivity index (χ1n) is 3.73. The maximum Gasteiger partial charge on any atom is 0.111 e. The van der Waals surface area contributed by atoms with Crippen molar-refractivity contribution in [1.82, 2.24) is 0 Å². The van der Waals surface area contributed by atoms with Crippen LogP contribution in [-0.4, -0.2) is 45.8 Å². The van der Waals surface area contributed by atoms with Gasteiger partial charge in [-0.15, -0.1) is 0 Å². The van der Waals surface area contributed by atoms with Gasteiger partial charge < -0.3 is 20.1 Å². The number of rotatable bonds is 0. The van der Waals surface area contributed by atoms with E-state index in [0.717, 1.165) is 0 Å². The zero-order chi connectivity index (χ0) is 8.59. The van der Waals surface area contributed by atoms with Gasteiger partial charge in [0, 0.05) is 0 Å². The van der Waals surface area contributed by atoms with Gasteiger partial charge in [-0.2, -0.15) is 0 Å². The van der Waals surface area contributed by atoms with Crippen molar-refractivity contribution in [3.8, 4) is 0 Å². The fraction of sp³-hybridized carbons (Fsp3) is 1.00. The van der Waals surface area contributed by atoms with Gasteiger partial charge in [-0.25, -0.2) is 0 Å². The van der Waals surface area contributed by atoms with Crippen molar-refractivity contribution in [2.24, 2.45) is 0 Å². The van der Waals surface area contributed by atoms with Gasteiger partial charge in [-0.3, -0.25) is 0 Å². The van der Waals surface area contributed by atoms with Gasteiger partial charge in [0.2, 0.25) is 0 Å². The van der Waals surface area contributed by atoms with Crippen LogP contribution in [0, 0.1) is 0 Å². The maximum atomic E-state index is 9.21. The quantitative estimate of drug-likeness (QED) is 0.422. The van der Waals surface area contributed by atoms with E-state index >= 15 is 0 Å². The van der Waals surface area contributed by atoms with Crippen molar-refractivity contribution in [2.75, 3.05) is 0 Å². The fourth-order valence-electron chi connectivity index (χ4n) is 1.26. The lowest BCUT2D eigenvalue weighted by molar-refractivity contribution is -0.211. The molecule has 11 heavy (non-hydrogen) atoms. The van der Waals surface area contributed by atoms with Crippen LogP contribution >= 0.6 is 0 Å². The molecule has 1 heterocycles. The number of ether oxygens (including phenoxy) is 1. The van der Waals surface area contributed by atoms with Crippen molar-refractivity contribution in [1.29, 1.82) is 0 Å². The number of hydrogen-bond acceptors (Lipinski definition) is 4. The van der Waals surface area contributed by atoms with E-state index in [9.17, 15) is 15.3 Å². The summed E-state index contributed by atoms with van der Waals surface area (Å²) in [6.07, 6.45) is -3.89. The highest BCUT2D eigenvalue weighted by molar-refractivity contribution is 4.88. The van der Waals surface area contributed by atoms with Gasteiger partial charge >= 0.3 is 0 Å². The molecule has 3 N–H and O–H groups in total. The predicted molar refractivity (Wildman–Crippen MR) is 38.0 cm³/mol. The van der Waals surface area contributed by atoms with E-state index in [1.807, 2.05) is 0 Å². The average Bonchev–Trinajstić information content (AvgIpc) is 1.97. The molecule has 0 spiro atoms. The molecule has 0 aliphatic carbocycles. The summed E-state index contributed by atoms with van der Waals surface area (Å²) in [7, 11) is 0. The van der Waals surface area contributed by atoms with Crippen molar-refractivity contribution in [3.05, 3.63) is 0 Å². The summed E-state index contributed by atoms with van der Waals surface area (Å²) in [5.74, 6) is 0. The molecule has 1 fully saturated rings. The van der Waals surface area contributed by atoms with Gasteiger partial charge in [-0.1, -0.05) is 0 Å². The zero-order valence-electron chi connectivity index (χ0n) is 6.64. The molecule has 0 aromatic rings. The lowest BCUT2D eigenvalue weighted by atomic mass is 9.97. The molecule has 66 valence electrons. The zero-order valence-corrected chi connectivity index (χ0v) is 6.64. The number of aliphatic hydroxyl groups is 3. The Morgan fingerprint density at radius 1 is 0.818 bits per heavy atom. The van der Waals surface area contributed by atoms with Crippen molar-refractivity contribution >= 4 is 0 Å². The van der Waals surface area contributed by atoms with Gasteiger partial charge in [0.1, 0.15) is 18.3 Å². The minimum absolute atomic E-state index is 0.414. The molecule has 0 aromatic carbocycles. The number of hydrogen-bond donors (Lipinski definition) is 3. The highest BCUT2D eigenvalue weighted by Crippen LogP contribution is 2.19. The highest BCUT2D eigenvalue weighted by atomic mass is 16.5. The lowest BCUT2D eigenvalue weighted by Crippen LogP contribution is -2.55. The summed E-state index contributed by atoms with van der Waals surface area (Å²) in [5, 5.41) is 27.6. The molecule has 1 aliphatic rings. The minimum Gasteiger partial charge on any atom is -0.388 e. The van der Waals surface area contributed by atoms with E-state index in [-0.39, 0.29) is 0 Å². The predicted octanol–water partition coefficient (Wildman–Crippen LogP) is -1.12. The second-order valence-corrected chi connectivity index (χ2v) is 3.02. The van der Waals surface area contributed by atoms with Crippen molar-refractivity contribution in [2.45, 2.75) is 44.4 Å². The van der Waals surface area contributed by atoms with Crippen molar-refractivity contribution in [3.63, 3.8) is 0 Å². The Labute approximate surface area is 65.4 Å². The molecule has 1 rings (SSSR count). The monoisotopic (exact) mass is 162 g/mol. The molecule has 0 aromatic heterocycles. The van der Waals surface area contributed by atoms with E-state index in [4.69, 9.17) is 4.74 Å². The number of aliphatic hydroxyl groups excluding tert-OH is 3. The van der Waals surface area contributed by atoms with E-state index in [1.165, 1.54) is 0 Å². The first-order chi connectivity index (χ1) is 5.04. The van der Waals surface area contributed by atoms with Crippen LogP contribution in [0.25, 0.3) is 0 Å². The molecule has 3 unspecified atom stereocenters. The SMILES string of the molecule is CC1O[C@H](C)C(O)[C@@H](O)C1O. The van der Waals surface area contributed by atoms with E-state index in [1.54, 1.807) is 13.8 Å². The van der Waals surface area contributed by atoms with E-state index in [0.29, 0.717) is 0 Å². The Morgan fingerprint density at radius 3 is 1.55 bits per heavy atom. The summed E-state index contributed by atoms with van der Waals surface area (Å²) in [5.41, 5.74) is 0. The van der Waals surface area contributed by atoms with Gasteiger partial charge in [0.05, 0.1) is 12.2 Å². The van der Waals surface area contributed by atoms with E-state index in [2.05, 4.69) is 0 Å². The van der Waals surface area contributed by atoms with E-state index < -0.39 is 30.5 Å². The normalized spacial score (nSPS) is 52.6. The standard InChI is InChI=1S/C7H14O4/c1-3-5(8)7(10)6(9)4(2)11-3/h3-10H,1-2H3/t3-,4?,5?,6?,7-/m1/s1. The summed E-state index contributed by atoms with van der Waals surface area (Å²) >= 11 is 0. The lowest BCUT2D eigenvalue weighted by Gasteiger charge is -2.37. The second kappa shape index (κ2) is 3.06. The molecule has 1 aliphatic heterocycles. The molecular formula is C7H14O4. The third-order valence-corrected chi connectivity index (χ3v) is 2.09. The fourth-order valence-corrected chi connectivity index (χ4v) is 1.26. The Kier molecular flexibility index (Phi) is 2.49. The van der Waals surface area contributed by atoms with Crippen LogP contribution in [0.2, 0.25) is 0 Å². The summed E-state index contributed by atoms with van der Waals surface area (Å²) in [4.78, 5) is 0. The molecule has 0 amide bonds. The van der Waals surface area contributed by atoms with Gasteiger partial charge in [0.25, 0.3) is 0 Å². The van der Waals surface area contributed by atoms with Crippen LogP contribution < -0.4 is 0 Å². The highest BCUT2D eigenvalue weighted by Gasteiger charge is 2.39. The van der Waals surface area contributed by atoms with Gasteiger partial charge in [0.15, 0.2) is 0 Å². The summed E-state index contributed by atoms with van der Waals surface area (Å²) < 4.78 is 5.12. The molecule has 0 bridgehead atoms. The molecule has 1 saturated heterocycles. The summed E-state index contributed by atoms with van der Waals surface area (Å²) in [6.45, 7) is 3.33. The van der Waals surface area contributed by atoms with Crippen LogP contribution in [0.3, 0.4) is 0 Å². The smallest absolute Gasteiger partial charge is 0.111 e. The minimum atomic E-state index is -1.09. The summed E-state index contributed by atoms with van der Waals surface area (Å²) in [6, 6.07) is 0. The molecule has 5 atom stereocenters. The largest absolute Gasteiger partial charge is 0.388 e. The third kappa shape index (κ3) is 1.54. The Hall–Kier alpha value is -0.160. The maximum absolute atomic E-state index is 9.21. The van der Waals surface area contributed by atoms with Crippen LogP contribution in [0.15, 0.2) is 0 Å². The second-order valence-electron chi connectivity index (χ2n) is 3.02. The Balaban J connectivity index is 2.63. The van der Waals surface area contributed by atoms with Crippen LogP contribution in [0.4, 0.5) is 0 Å². The van der Waals surface area contributed by atoms with Crippen LogP contribution in [-0.2, 0) is 4.74 Å². The molecule has 0 radical (unpaired) electrons. The topological polar surface area (TPSA) is 69.9 Å². The molecule has 4 nitrogen and oxygen atoms in total. The van der Waals surface area contributed by atoms with Gasteiger partial charge in [-0.05, 0) is 13.8 Å². The first-order valence-corrected chi connectivity index (χ1v) is 3.73. The first kappa shape index (κ1) is 8.93. The van der Waals surface area contributed by atoms with Crippen molar-refractivity contribution < 1.29 is 20.1 Å².